The van der Waals surface area contributed by atoms with Gasteiger partial charge >= 0.3 is 0 Å². The van der Waals surface area contributed by atoms with Crippen molar-refractivity contribution in [1.82, 2.24) is 14.6 Å². The third-order valence-electron chi connectivity index (χ3n) is 5.12. The van der Waals surface area contributed by atoms with Gasteiger partial charge in [0, 0.05) is 22.1 Å². The van der Waals surface area contributed by atoms with Gasteiger partial charge in [-0.25, -0.2) is 0 Å². The van der Waals surface area contributed by atoms with E-state index in [1.54, 1.807) is 4.90 Å². The fourth-order valence-corrected chi connectivity index (χ4v) is 5.04. The van der Waals surface area contributed by atoms with E-state index in [-0.39, 0.29) is 11.5 Å². The van der Waals surface area contributed by atoms with E-state index >= 15 is 0 Å². The molecular formula is C22H17BrN4O2S. The van der Waals surface area contributed by atoms with Crippen molar-refractivity contribution in [3.05, 3.63) is 73.0 Å². The highest BCUT2D eigenvalue weighted by Gasteiger charge is 2.34. The van der Waals surface area contributed by atoms with Crippen molar-refractivity contribution in [3.8, 4) is 11.4 Å². The molecule has 0 bridgehead atoms. The summed E-state index contributed by atoms with van der Waals surface area (Å²) in [5.74, 6) is 0.355. The lowest BCUT2D eigenvalue weighted by Gasteiger charge is -2.15. The zero-order chi connectivity index (χ0) is 21.0. The van der Waals surface area contributed by atoms with Crippen molar-refractivity contribution < 1.29 is 4.79 Å². The SMILES string of the molecule is CCCN1C(=O)C(=c2sc3nc(-c4ccc(C)cc4)nn3c2=O)c2cc(Br)ccc21. The Morgan fingerprint density at radius 2 is 1.87 bits per heavy atom. The molecule has 150 valence electrons. The van der Waals surface area contributed by atoms with E-state index in [9.17, 15) is 9.59 Å². The molecule has 4 aromatic rings. The van der Waals surface area contributed by atoms with Gasteiger partial charge in [0.25, 0.3) is 11.5 Å². The Balaban J connectivity index is 1.72. The highest BCUT2D eigenvalue weighted by atomic mass is 79.9. The number of aromatic nitrogens is 3. The number of benzene rings is 2. The summed E-state index contributed by atoms with van der Waals surface area (Å²) in [6, 6.07) is 13.6. The fourth-order valence-electron chi connectivity index (χ4n) is 3.68. The lowest BCUT2D eigenvalue weighted by molar-refractivity contribution is -0.113. The fraction of sp³-hybridized carbons (Fsp3) is 0.182. The molecule has 0 radical (unpaired) electrons. The Kier molecular flexibility index (Phi) is 4.56. The number of rotatable bonds is 3. The summed E-state index contributed by atoms with van der Waals surface area (Å²) >= 11 is 4.69. The van der Waals surface area contributed by atoms with Crippen LogP contribution in [-0.4, -0.2) is 27.0 Å². The Morgan fingerprint density at radius 3 is 2.57 bits per heavy atom. The van der Waals surface area contributed by atoms with E-state index in [4.69, 9.17) is 0 Å². The van der Waals surface area contributed by atoms with Crippen molar-refractivity contribution in [1.29, 1.82) is 0 Å². The number of halogens is 1. The highest BCUT2D eigenvalue weighted by molar-refractivity contribution is 9.10. The van der Waals surface area contributed by atoms with Crippen LogP contribution in [0.3, 0.4) is 0 Å². The molecule has 6 nitrogen and oxygen atoms in total. The van der Waals surface area contributed by atoms with Gasteiger partial charge in [-0.2, -0.15) is 9.50 Å². The van der Waals surface area contributed by atoms with Gasteiger partial charge in [-0.05, 0) is 31.5 Å². The van der Waals surface area contributed by atoms with E-state index in [1.165, 1.54) is 15.9 Å². The minimum Gasteiger partial charge on any atom is -0.308 e. The molecule has 0 N–H and O–H groups in total. The smallest absolute Gasteiger partial charge is 0.291 e. The molecule has 0 spiro atoms. The molecule has 2 aromatic heterocycles. The van der Waals surface area contributed by atoms with Crippen molar-refractivity contribution in [3.63, 3.8) is 0 Å². The minimum absolute atomic E-state index is 0.148. The monoisotopic (exact) mass is 480 g/mol. The van der Waals surface area contributed by atoms with E-state index in [1.807, 2.05) is 56.3 Å². The van der Waals surface area contributed by atoms with Crippen LogP contribution in [0.4, 0.5) is 5.69 Å². The topological polar surface area (TPSA) is 67.6 Å². The standard InChI is InChI=1S/C22H17BrN4O2S/c1-3-10-26-16-9-8-14(23)11-15(16)17(20(26)28)18-21(29)27-22(30-18)24-19(25-27)13-6-4-12(2)5-7-13/h4-9,11H,3,10H2,1-2H3. The number of thiazole rings is 1. The molecule has 1 aliphatic rings. The number of carbonyl (C=O) groups excluding carboxylic acids is 1. The quantitative estimate of drug-likeness (QED) is 0.449. The van der Waals surface area contributed by atoms with Crippen LogP contribution < -0.4 is 15.0 Å². The predicted octanol–water partition coefficient (Wildman–Crippen LogP) is 3.56. The van der Waals surface area contributed by atoms with Crippen LogP contribution in [-0.2, 0) is 4.79 Å². The number of aryl methyl sites for hydroxylation is 1. The Hall–Kier alpha value is -2.84. The number of nitrogens with zero attached hydrogens (tertiary/aromatic N) is 4. The van der Waals surface area contributed by atoms with E-state index < -0.39 is 0 Å². The molecule has 30 heavy (non-hydrogen) atoms. The number of hydrogen-bond acceptors (Lipinski definition) is 5. The van der Waals surface area contributed by atoms with Gasteiger partial charge < -0.3 is 4.90 Å². The van der Waals surface area contributed by atoms with Crippen LogP contribution in [0.2, 0.25) is 0 Å². The summed E-state index contributed by atoms with van der Waals surface area (Å²) in [7, 11) is 0. The number of hydrogen-bond donors (Lipinski definition) is 0. The van der Waals surface area contributed by atoms with Crippen LogP contribution in [0.5, 0.6) is 0 Å². The third kappa shape index (κ3) is 2.90. The maximum absolute atomic E-state index is 13.2. The molecular weight excluding hydrogens is 464 g/mol. The van der Waals surface area contributed by atoms with Gasteiger partial charge in [0.05, 0.1) is 11.3 Å². The average molecular weight is 481 g/mol. The predicted molar refractivity (Wildman–Crippen MR) is 122 cm³/mol. The van der Waals surface area contributed by atoms with Crippen molar-refractivity contribution >= 4 is 49.4 Å². The first-order chi connectivity index (χ1) is 14.5. The Labute approximate surface area is 184 Å². The average Bonchev–Trinajstić information content (AvgIpc) is 3.35. The van der Waals surface area contributed by atoms with E-state index in [0.717, 1.165) is 33.3 Å². The lowest BCUT2D eigenvalue weighted by atomic mass is 10.1. The maximum atomic E-state index is 13.2. The molecule has 3 heterocycles. The van der Waals surface area contributed by atoms with Crippen LogP contribution in [0.1, 0.15) is 24.5 Å². The van der Waals surface area contributed by atoms with Crippen molar-refractivity contribution in [2.24, 2.45) is 0 Å². The van der Waals surface area contributed by atoms with E-state index in [0.29, 0.717) is 27.4 Å². The molecule has 0 fully saturated rings. The highest BCUT2D eigenvalue weighted by Crippen LogP contribution is 2.37. The van der Waals surface area contributed by atoms with Gasteiger partial charge in [-0.3, -0.25) is 9.59 Å². The van der Waals surface area contributed by atoms with Crippen LogP contribution in [0, 0.1) is 6.92 Å². The molecule has 0 aliphatic carbocycles. The second kappa shape index (κ2) is 7.14. The zero-order valence-corrected chi connectivity index (χ0v) is 18.7. The summed E-state index contributed by atoms with van der Waals surface area (Å²) < 4.78 is 2.54. The summed E-state index contributed by atoms with van der Waals surface area (Å²) in [6.45, 7) is 4.64. The van der Waals surface area contributed by atoms with E-state index in [2.05, 4.69) is 26.0 Å². The molecule has 8 heteroatoms. The van der Waals surface area contributed by atoms with Gasteiger partial charge in [-0.1, -0.05) is 64.0 Å². The second-order valence-corrected chi connectivity index (χ2v) is 9.12. The zero-order valence-electron chi connectivity index (χ0n) is 16.3. The maximum Gasteiger partial charge on any atom is 0.291 e. The van der Waals surface area contributed by atoms with Gasteiger partial charge in [-0.15, -0.1) is 5.10 Å². The van der Waals surface area contributed by atoms with Crippen LogP contribution in [0.25, 0.3) is 21.9 Å². The minimum atomic E-state index is -0.312. The molecule has 1 aliphatic heterocycles. The van der Waals surface area contributed by atoms with Crippen molar-refractivity contribution in [2.45, 2.75) is 20.3 Å². The first-order valence-electron chi connectivity index (χ1n) is 9.60. The van der Waals surface area contributed by atoms with Crippen LogP contribution in [0.15, 0.2) is 51.7 Å². The molecule has 0 atom stereocenters. The number of anilines is 1. The summed E-state index contributed by atoms with van der Waals surface area (Å²) in [5.41, 5.74) is 3.71. The summed E-state index contributed by atoms with van der Waals surface area (Å²) in [5, 5.41) is 4.41. The lowest BCUT2D eigenvalue weighted by Crippen LogP contribution is -2.32. The molecule has 0 saturated heterocycles. The normalized spacial score (nSPS) is 15.3. The molecule has 0 saturated carbocycles. The summed E-state index contributed by atoms with van der Waals surface area (Å²) in [4.78, 5) is 33.2. The Bertz CT molecular complexity index is 1420. The first kappa shape index (κ1) is 19.1. The largest absolute Gasteiger partial charge is 0.308 e. The molecule has 0 unspecified atom stereocenters. The Morgan fingerprint density at radius 1 is 1.10 bits per heavy atom. The van der Waals surface area contributed by atoms with Gasteiger partial charge in [0.1, 0.15) is 4.53 Å². The summed E-state index contributed by atoms with van der Waals surface area (Å²) in [6.07, 6.45) is 0.827. The number of carbonyl (C=O) groups is 1. The van der Waals surface area contributed by atoms with Crippen molar-refractivity contribution in [2.75, 3.05) is 11.4 Å². The van der Waals surface area contributed by atoms with Crippen LogP contribution >= 0.6 is 27.3 Å². The van der Waals surface area contributed by atoms with Gasteiger partial charge in [0.15, 0.2) is 5.82 Å². The number of amides is 1. The number of fused-ring (bicyclic) bond motifs is 2. The first-order valence-corrected chi connectivity index (χ1v) is 11.2. The third-order valence-corrected chi connectivity index (χ3v) is 6.64. The molecule has 5 rings (SSSR count). The van der Waals surface area contributed by atoms with Gasteiger partial charge in [0.2, 0.25) is 4.96 Å². The molecule has 2 aromatic carbocycles. The molecule has 1 amide bonds. The second-order valence-electron chi connectivity index (χ2n) is 7.23.